The molecule has 1 N–H and O–H groups in total. The standard InChI is InChI=1S/C12H19NO/c1-4-13(5-2)10(3)11-7-6-8-12(14)9-11/h6-10,14H,4-5H2,1-3H3. The quantitative estimate of drug-likeness (QED) is 0.794. The maximum Gasteiger partial charge on any atom is 0.115 e. The summed E-state index contributed by atoms with van der Waals surface area (Å²) in [6.07, 6.45) is 0. The van der Waals surface area contributed by atoms with Crippen LogP contribution >= 0.6 is 0 Å². The van der Waals surface area contributed by atoms with Gasteiger partial charge in [0.05, 0.1) is 0 Å². The van der Waals surface area contributed by atoms with Crippen molar-refractivity contribution < 1.29 is 5.11 Å². The zero-order valence-electron chi connectivity index (χ0n) is 9.20. The molecule has 78 valence electrons. The Bertz CT molecular complexity index is 281. The fourth-order valence-corrected chi connectivity index (χ4v) is 1.77. The van der Waals surface area contributed by atoms with E-state index in [0.717, 1.165) is 13.1 Å². The molecule has 0 saturated carbocycles. The van der Waals surface area contributed by atoms with Crippen molar-refractivity contribution in [2.45, 2.75) is 26.8 Å². The van der Waals surface area contributed by atoms with Gasteiger partial charge in [0.2, 0.25) is 0 Å². The predicted molar refractivity (Wildman–Crippen MR) is 59.4 cm³/mol. The van der Waals surface area contributed by atoms with Crippen LogP contribution in [0.15, 0.2) is 24.3 Å². The van der Waals surface area contributed by atoms with Gasteiger partial charge in [-0.1, -0.05) is 26.0 Å². The third kappa shape index (κ3) is 2.48. The molecular weight excluding hydrogens is 174 g/mol. The molecular formula is C12H19NO. The number of rotatable bonds is 4. The van der Waals surface area contributed by atoms with Crippen molar-refractivity contribution in [1.29, 1.82) is 0 Å². The first-order valence-corrected chi connectivity index (χ1v) is 5.22. The number of aromatic hydroxyl groups is 1. The molecule has 1 aromatic rings. The fourth-order valence-electron chi connectivity index (χ4n) is 1.77. The van der Waals surface area contributed by atoms with Crippen LogP contribution in [0.1, 0.15) is 32.4 Å². The highest BCUT2D eigenvalue weighted by Crippen LogP contribution is 2.22. The number of nitrogens with zero attached hydrogens (tertiary/aromatic N) is 1. The lowest BCUT2D eigenvalue weighted by Gasteiger charge is -2.26. The second-order valence-corrected chi connectivity index (χ2v) is 3.49. The van der Waals surface area contributed by atoms with E-state index >= 15 is 0 Å². The summed E-state index contributed by atoms with van der Waals surface area (Å²) in [4.78, 5) is 2.36. The highest BCUT2D eigenvalue weighted by molar-refractivity contribution is 5.29. The Labute approximate surface area is 86.2 Å². The monoisotopic (exact) mass is 193 g/mol. The first kappa shape index (κ1) is 11.1. The first-order valence-electron chi connectivity index (χ1n) is 5.22. The minimum atomic E-state index is 0.349. The van der Waals surface area contributed by atoms with Crippen LogP contribution in [0.4, 0.5) is 0 Å². The Morgan fingerprint density at radius 2 is 1.93 bits per heavy atom. The van der Waals surface area contributed by atoms with Gasteiger partial charge in [-0.3, -0.25) is 4.90 Å². The molecule has 14 heavy (non-hydrogen) atoms. The highest BCUT2D eigenvalue weighted by atomic mass is 16.3. The van der Waals surface area contributed by atoms with Gasteiger partial charge >= 0.3 is 0 Å². The van der Waals surface area contributed by atoms with Gasteiger partial charge in [0.15, 0.2) is 0 Å². The normalized spacial score (nSPS) is 13.1. The molecule has 1 aromatic carbocycles. The van der Waals surface area contributed by atoms with Crippen LogP contribution in [-0.4, -0.2) is 23.1 Å². The summed E-state index contributed by atoms with van der Waals surface area (Å²) in [6, 6.07) is 7.87. The number of phenols is 1. The SMILES string of the molecule is CCN(CC)C(C)c1cccc(O)c1. The average molecular weight is 193 g/mol. The fraction of sp³-hybridized carbons (Fsp3) is 0.500. The molecule has 0 saturated heterocycles. The molecule has 0 fully saturated rings. The lowest BCUT2D eigenvalue weighted by Crippen LogP contribution is -2.26. The van der Waals surface area contributed by atoms with Crippen LogP contribution in [0.25, 0.3) is 0 Å². The van der Waals surface area contributed by atoms with Gasteiger partial charge in [0.1, 0.15) is 5.75 Å². The molecule has 0 spiro atoms. The highest BCUT2D eigenvalue weighted by Gasteiger charge is 2.11. The zero-order valence-corrected chi connectivity index (χ0v) is 9.20. The van der Waals surface area contributed by atoms with E-state index < -0.39 is 0 Å². The minimum Gasteiger partial charge on any atom is -0.508 e. The van der Waals surface area contributed by atoms with E-state index in [0.29, 0.717) is 11.8 Å². The minimum absolute atomic E-state index is 0.349. The maximum atomic E-state index is 9.37. The van der Waals surface area contributed by atoms with Gasteiger partial charge in [-0.2, -0.15) is 0 Å². The molecule has 1 atom stereocenters. The molecule has 0 aromatic heterocycles. The Hall–Kier alpha value is -1.02. The summed E-state index contributed by atoms with van der Waals surface area (Å²) in [5.41, 5.74) is 1.17. The molecule has 0 aliphatic rings. The van der Waals surface area contributed by atoms with Crippen molar-refractivity contribution in [3.05, 3.63) is 29.8 Å². The molecule has 2 heteroatoms. The van der Waals surface area contributed by atoms with Crippen LogP contribution in [-0.2, 0) is 0 Å². The van der Waals surface area contributed by atoms with Crippen molar-refractivity contribution in [2.24, 2.45) is 0 Å². The lowest BCUT2D eigenvalue weighted by atomic mass is 10.1. The Morgan fingerprint density at radius 1 is 1.29 bits per heavy atom. The van der Waals surface area contributed by atoms with Crippen molar-refractivity contribution >= 4 is 0 Å². The molecule has 0 amide bonds. The Balaban J connectivity index is 2.82. The van der Waals surface area contributed by atoms with E-state index in [1.54, 1.807) is 6.07 Å². The predicted octanol–water partition coefficient (Wildman–Crippen LogP) is 2.80. The van der Waals surface area contributed by atoms with Crippen LogP contribution in [0.2, 0.25) is 0 Å². The third-order valence-corrected chi connectivity index (χ3v) is 2.71. The van der Waals surface area contributed by atoms with Crippen molar-refractivity contribution in [1.82, 2.24) is 4.90 Å². The first-order chi connectivity index (χ1) is 6.69. The van der Waals surface area contributed by atoms with E-state index in [1.807, 2.05) is 12.1 Å². The van der Waals surface area contributed by atoms with Gasteiger partial charge in [-0.05, 0) is 37.7 Å². The summed E-state index contributed by atoms with van der Waals surface area (Å²) < 4.78 is 0. The average Bonchev–Trinajstić information content (AvgIpc) is 2.19. The van der Waals surface area contributed by atoms with E-state index in [-0.39, 0.29) is 0 Å². The topological polar surface area (TPSA) is 23.5 Å². The van der Waals surface area contributed by atoms with Crippen LogP contribution in [0.5, 0.6) is 5.75 Å². The summed E-state index contributed by atoms with van der Waals surface area (Å²) in [6.45, 7) is 8.55. The number of hydrogen-bond acceptors (Lipinski definition) is 2. The molecule has 0 aliphatic heterocycles. The summed E-state index contributed by atoms with van der Waals surface area (Å²) in [5, 5.41) is 9.37. The van der Waals surface area contributed by atoms with Crippen LogP contribution in [0.3, 0.4) is 0 Å². The summed E-state index contributed by atoms with van der Waals surface area (Å²) in [7, 11) is 0. The van der Waals surface area contributed by atoms with Gasteiger partial charge in [-0.25, -0.2) is 0 Å². The number of benzene rings is 1. The van der Waals surface area contributed by atoms with Gasteiger partial charge in [0.25, 0.3) is 0 Å². The number of hydrogen-bond donors (Lipinski definition) is 1. The lowest BCUT2D eigenvalue weighted by molar-refractivity contribution is 0.234. The largest absolute Gasteiger partial charge is 0.508 e. The molecule has 1 unspecified atom stereocenters. The maximum absolute atomic E-state index is 9.37. The molecule has 0 heterocycles. The van der Waals surface area contributed by atoms with Gasteiger partial charge < -0.3 is 5.11 Å². The molecule has 0 aliphatic carbocycles. The van der Waals surface area contributed by atoms with E-state index in [2.05, 4.69) is 31.7 Å². The summed E-state index contributed by atoms with van der Waals surface area (Å²) in [5.74, 6) is 0.349. The van der Waals surface area contributed by atoms with E-state index in [1.165, 1.54) is 5.56 Å². The Morgan fingerprint density at radius 3 is 2.43 bits per heavy atom. The van der Waals surface area contributed by atoms with E-state index in [4.69, 9.17) is 0 Å². The second-order valence-electron chi connectivity index (χ2n) is 3.49. The molecule has 2 nitrogen and oxygen atoms in total. The van der Waals surface area contributed by atoms with Crippen molar-refractivity contribution in [3.63, 3.8) is 0 Å². The second kappa shape index (κ2) is 5.01. The molecule has 0 radical (unpaired) electrons. The van der Waals surface area contributed by atoms with Crippen LogP contribution in [0, 0.1) is 0 Å². The zero-order chi connectivity index (χ0) is 10.6. The number of phenolic OH excluding ortho intramolecular Hbond substituents is 1. The third-order valence-electron chi connectivity index (χ3n) is 2.71. The summed E-state index contributed by atoms with van der Waals surface area (Å²) >= 11 is 0. The van der Waals surface area contributed by atoms with Crippen molar-refractivity contribution in [3.8, 4) is 5.75 Å². The Kier molecular flexibility index (Phi) is 3.96. The van der Waals surface area contributed by atoms with E-state index in [9.17, 15) is 5.11 Å². The van der Waals surface area contributed by atoms with Crippen molar-refractivity contribution in [2.75, 3.05) is 13.1 Å². The molecule has 0 bridgehead atoms. The van der Waals surface area contributed by atoms with Gasteiger partial charge in [-0.15, -0.1) is 0 Å². The van der Waals surface area contributed by atoms with Crippen LogP contribution < -0.4 is 0 Å². The smallest absolute Gasteiger partial charge is 0.115 e. The molecule has 1 rings (SSSR count). The van der Waals surface area contributed by atoms with Gasteiger partial charge in [0, 0.05) is 6.04 Å².